The van der Waals surface area contributed by atoms with E-state index in [0.717, 1.165) is 14.5 Å². The first-order valence-corrected chi connectivity index (χ1v) is 10.8. The lowest BCUT2D eigenvalue weighted by molar-refractivity contribution is -0.112. The molecule has 0 aliphatic carbocycles. The van der Waals surface area contributed by atoms with E-state index in [4.69, 9.17) is 16.3 Å². The van der Waals surface area contributed by atoms with E-state index in [1.165, 1.54) is 6.08 Å². The minimum Gasteiger partial charge on any atom is -0.488 e. The van der Waals surface area contributed by atoms with E-state index in [2.05, 4.69) is 37.2 Å². The Morgan fingerprint density at radius 1 is 1.03 bits per heavy atom. The number of anilines is 1. The lowest BCUT2D eigenvalue weighted by atomic mass is 10.1. The molecule has 4 nitrogen and oxygen atoms in total. The predicted molar refractivity (Wildman–Crippen MR) is 126 cm³/mol. The fourth-order valence-corrected chi connectivity index (χ4v) is 3.25. The third kappa shape index (κ3) is 6.20. The molecule has 1 N–H and O–H groups in total. The summed E-state index contributed by atoms with van der Waals surface area (Å²) in [4.78, 5) is 12.5. The van der Waals surface area contributed by atoms with Crippen LogP contribution in [0.15, 0.2) is 81.2 Å². The topological polar surface area (TPSA) is 62.1 Å². The number of hydrogen-bond acceptors (Lipinski definition) is 3. The summed E-state index contributed by atoms with van der Waals surface area (Å²) in [5.41, 5.74) is 2.05. The number of nitrogens with one attached hydrogen (secondary N) is 1. The Morgan fingerprint density at radius 2 is 1.67 bits per heavy atom. The van der Waals surface area contributed by atoms with E-state index in [0.29, 0.717) is 28.6 Å². The zero-order chi connectivity index (χ0) is 21.5. The standard InChI is InChI=1S/C23H15Br2ClN2O2/c24-18-3-1-15(2-4-18)14-30-22-10-7-20(26)12-16(22)11-17(13-27)23(29)28-21-8-5-19(25)6-9-21/h1-12H,14H2,(H,28,29)/b17-11+. The van der Waals surface area contributed by atoms with Crippen LogP contribution in [-0.4, -0.2) is 5.91 Å². The van der Waals surface area contributed by atoms with Gasteiger partial charge in [-0.2, -0.15) is 5.26 Å². The highest BCUT2D eigenvalue weighted by atomic mass is 79.9. The molecule has 0 radical (unpaired) electrons. The van der Waals surface area contributed by atoms with Gasteiger partial charge in [0.05, 0.1) is 0 Å². The first kappa shape index (κ1) is 22.1. The molecule has 7 heteroatoms. The minimum atomic E-state index is -0.515. The molecule has 3 aromatic carbocycles. The van der Waals surface area contributed by atoms with E-state index >= 15 is 0 Å². The first-order valence-electron chi connectivity index (χ1n) is 8.80. The smallest absolute Gasteiger partial charge is 0.266 e. The molecule has 0 aromatic heterocycles. The van der Waals surface area contributed by atoms with Crippen LogP contribution in [0.2, 0.25) is 5.02 Å². The number of hydrogen-bond donors (Lipinski definition) is 1. The molecule has 0 saturated carbocycles. The zero-order valence-electron chi connectivity index (χ0n) is 15.5. The summed E-state index contributed by atoms with van der Waals surface area (Å²) in [6.07, 6.45) is 1.47. The summed E-state index contributed by atoms with van der Waals surface area (Å²) in [6.45, 7) is 0.336. The average molecular weight is 547 g/mol. The summed E-state index contributed by atoms with van der Waals surface area (Å²) < 4.78 is 7.78. The Balaban J connectivity index is 1.81. The van der Waals surface area contributed by atoms with Gasteiger partial charge in [0.1, 0.15) is 24.0 Å². The molecule has 0 unspecified atom stereocenters. The molecule has 0 bridgehead atoms. The molecule has 0 aliphatic heterocycles. The van der Waals surface area contributed by atoms with E-state index < -0.39 is 5.91 Å². The van der Waals surface area contributed by atoms with E-state index in [9.17, 15) is 10.1 Å². The average Bonchev–Trinajstić information content (AvgIpc) is 2.74. The summed E-state index contributed by atoms with van der Waals surface area (Å²) in [6, 6.07) is 21.9. The maximum atomic E-state index is 12.5. The second-order valence-corrected chi connectivity index (χ2v) is 8.50. The number of halogens is 3. The molecule has 30 heavy (non-hydrogen) atoms. The van der Waals surface area contributed by atoms with Crippen molar-refractivity contribution in [1.82, 2.24) is 0 Å². The van der Waals surface area contributed by atoms with Crippen molar-refractivity contribution < 1.29 is 9.53 Å². The van der Waals surface area contributed by atoms with Crippen molar-refractivity contribution in [1.29, 1.82) is 5.26 Å². The summed E-state index contributed by atoms with van der Waals surface area (Å²) in [7, 11) is 0. The molecule has 1 amide bonds. The molecular weight excluding hydrogens is 532 g/mol. The lowest BCUT2D eigenvalue weighted by Gasteiger charge is -2.11. The van der Waals surface area contributed by atoms with Gasteiger partial charge in [0.25, 0.3) is 5.91 Å². The number of rotatable bonds is 6. The van der Waals surface area contributed by atoms with Gasteiger partial charge in [0, 0.05) is 25.2 Å². The van der Waals surface area contributed by atoms with Gasteiger partial charge < -0.3 is 10.1 Å². The Bertz CT molecular complexity index is 1120. The molecule has 0 spiro atoms. The first-order chi connectivity index (χ1) is 14.4. The Morgan fingerprint density at radius 3 is 2.30 bits per heavy atom. The number of benzene rings is 3. The van der Waals surface area contributed by atoms with E-state index in [-0.39, 0.29) is 5.57 Å². The van der Waals surface area contributed by atoms with Crippen LogP contribution in [0, 0.1) is 11.3 Å². The van der Waals surface area contributed by atoms with Crippen molar-refractivity contribution in [2.45, 2.75) is 6.61 Å². The number of carbonyl (C=O) groups excluding carboxylic acids is 1. The monoisotopic (exact) mass is 544 g/mol. The van der Waals surface area contributed by atoms with Gasteiger partial charge in [-0.1, -0.05) is 55.6 Å². The number of amides is 1. The summed E-state index contributed by atoms with van der Waals surface area (Å²) in [5.74, 6) is 0.00479. The Labute approximate surface area is 196 Å². The second kappa shape index (κ2) is 10.4. The molecular formula is C23H15Br2ClN2O2. The van der Waals surface area contributed by atoms with Crippen molar-refractivity contribution in [2.24, 2.45) is 0 Å². The molecule has 3 aromatic rings. The fraction of sp³-hybridized carbons (Fsp3) is 0.0435. The lowest BCUT2D eigenvalue weighted by Crippen LogP contribution is -2.13. The Kier molecular flexibility index (Phi) is 7.69. The van der Waals surface area contributed by atoms with Crippen LogP contribution < -0.4 is 10.1 Å². The van der Waals surface area contributed by atoms with Crippen molar-refractivity contribution >= 4 is 61.1 Å². The van der Waals surface area contributed by atoms with E-state index in [1.54, 1.807) is 42.5 Å². The van der Waals surface area contributed by atoms with Crippen LogP contribution in [0.1, 0.15) is 11.1 Å². The third-order valence-electron chi connectivity index (χ3n) is 4.05. The van der Waals surface area contributed by atoms with Crippen LogP contribution >= 0.6 is 43.5 Å². The van der Waals surface area contributed by atoms with Crippen molar-refractivity contribution in [3.05, 3.63) is 97.4 Å². The van der Waals surface area contributed by atoms with Crippen molar-refractivity contribution in [2.75, 3.05) is 5.32 Å². The van der Waals surface area contributed by atoms with Gasteiger partial charge in [0.2, 0.25) is 0 Å². The quantitative estimate of drug-likeness (QED) is 0.268. The van der Waals surface area contributed by atoms with Gasteiger partial charge in [-0.15, -0.1) is 0 Å². The van der Waals surface area contributed by atoms with Gasteiger partial charge in [-0.05, 0) is 66.2 Å². The normalized spacial score (nSPS) is 10.9. The van der Waals surface area contributed by atoms with Crippen LogP contribution in [0.5, 0.6) is 5.75 Å². The van der Waals surface area contributed by atoms with E-state index in [1.807, 2.05) is 30.3 Å². The number of carbonyl (C=O) groups is 1. The number of nitriles is 1. The largest absolute Gasteiger partial charge is 0.488 e. The Hall–Kier alpha value is -2.59. The number of ether oxygens (including phenoxy) is 1. The van der Waals surface area contributed by atoms with Gasteiger partial charge in [0.15, 0.2) is 0 Å². The second-order valence-electron chi connectivity index (χ2n) is 6.23. The van der Waals surface area contributed by atoms with Crippen molar-refractivity contribution in [3.8, 4) is 11.8 Å². The predicted octanol–water partition coefficient (Wildman–Crippen LogP) is 6.99. The van der Waals surface area contributed by atoms with Crippen LogP contribution in [-0.2, 0) is 11.4 Å². The van der Waals surface area contributed by atoms with Gasteiger partial charge >= 0.3 is 0 Å². The molecule has 150 valence electrons. The zero-order valence-corrected chi connectivity index (χ0v) is 19.5. The molecule has 0 saturated heterocycles. The van der Waals surface area contributed by atoms with Gasteiger partial charge in [-0.25, -0.2) is 0 Å². The third-order valence-corrected chi connectivity index (χ3v) is 5.34. The number of nitrogens with zero attached hydrogens (tertiary/aromatic N) is 1. The maximum absolute atomic E-state index is 12.5. The SMILES string of the molecule is N#C/C(=C\c1cc(Cl)ccc1OCc1ccc(Br)cc1)C(=O)Nc1ccc(Br)cc1. The highest BCUT2D eigenvalue weighted by Gasteiger charge is 2.12. The maximum Gasteiger partial charge on any atom is 0.266 e. The van der Waals surface area contributed by atoms with Crippen LogP contribution in [0.3, 0.4) is 0 Å². The molecule has 3 rings (SSSR count). The molecule has 0 heterocycles. The molecule has 0 atom stereocenters. The summed E-state index contributed by atoms with van der Waals surface area (Å²) in [5, 5.41) is 12.7. The highest BCUT2D eigenvalue weighted by Crippen LogP contribution is 2.27. The molecule has 0 fully saturated rings. The van der Waals surface area contributed by atoms with Gasteiger partial charge in [-0.3, -0.25) is 4.79 Å². The summed E-state index contributed by atoms with van der Waals surface area (Å²) >= 11 is 12.9. The molecule has 0 aliphatic rings. The van der Waals surface area contributed by atoms with Crippen LogP contribution in [0.4, 0.5) is 5.69 Å². The fourth-order valence-electron chi connectivity index (χ4n) is 2.54. The minimum absolute atomic E-state index is 0.0614. The van der Waals surface area contributed by atoms with Crippen LogP contribution in [0.25, 0.3) is 6.08 Å². The highest BCUT2D eigenvalue weighted by molar-refractivity contribution is 9.10. The van der Waals surface area contributed by atoms with Crippen molar-refractivity contribution in [3.63, 3.8) is 0 Å².